The maximum absolute atomic E-state index is 11.0. The van der Waals surface area contributed by atoms with Crippen molar-refractivity contribution in [3.8, 4) is 11.5 Å². The van der Waals surface area contributed by atoms with Crippen LogP contribution in [0, 0.1) is 0 Å². The number of ether oxygens (including phenoxy) is 2. The van der Waals surface area contributed by atoms with E-state index in [4.69, 9.17) is 26.2 Å². The molecule has 0 unspecified atom stereocenters. The minimum absolute atomic E-state index is 0.124. The van der Waals surface area contributed by atoms with Gasteiger partial charge in [-0.1, -0.05) is 23.7 Å². The van der Waals surface area contributed by atoms with E-state index in [-0.39, 0.29) is 5.56 Å². The van der Waals surface area contributed by atoms with Crippen molar-refractivity contribution in [1.82, 2.24) is 0 Å². The number of carboxylic acid groups (broad SMARTS) is 1. The number of hydrogen-bond donors (Lipinski definition) is 1. The number of halogens is 1. The van der Waals surface area contributed by atoms with E-state index >= 15 is 0 Å². The molecule has 2 aromatic carbocycles. The van der Waals surface area contributed by atoms with E-state index in [0.29, 0.717) is 23.1 Å². The Morgan fingerprint density at radius 1 is 1.25 bits per heavy atom. The Morgan fingerprint density at radius 2 is 2.05 bits per heavy atom. The van der Waals surface area contributed by atoms with Gasteiger partial charge in [-0.25, -0.2) is 4.79 Å². The number of methoxy groups -OCH3 is 1. The minimum atomic E-state index is -1.02. The van der Waals surface area contributed by atoms with Gasteiger partial charge in [0.2, 0.25) is 0 Å². The van der Waals surface area contributed by atoms with Crippen LogP contribution in [0.2, 0.25) is 5.02 Å². The second-order valence-corrected chi connectivity index (χ2v) is 4.52. The lowest BCUT2D eigenvalue weighted by atomic mass is 10.1. The van der Waals surface area contributed by atoms with Crippen LogP contribution < -0.4 is 9.47 Å². The predicted molar refractivity (Wildman–Crippen MR) is 75.7 cm³/mol. The second kappa shape index (κ2) is 6.30. The fourth-order valence-corrected chi connectivity index (χ4v) is 1.91. The van der Waals surface area contributed by atoms with Crippen molar-refractivity contribution in [1.29, 1.82) is 0 Å². The van der Waals surface area contributed by atoms with E-state index in [2.05, 4.69) is 0 Å². The molecule has 0 spiro atoms. The van der Waals surface area contributed by atoms with Crippen LogP contribution in [0.5, 0.6) is 11.5 Å². The van der Waals surface area contributed by atoms with Crippen LogP contribution in [-0.2, 0) is 6.61 Å². The molecule has 0 fully saturated rings. The maximum Gasteiger partial charge on any atom is 0.339 e. The molecule has 0 amide bonds. The van der Waals surface area contributed by atoms with Crippen molar-refractivity contribution in [2.45, 2.75) is 6.61 Å². The first-order valence-electron chi connectivity index (χ1n) is 5.88. The number of rotatable bonds is 5. The van der Waals surface area contributed by atoms with Crippen molar-refractivity contribution in [2.24, 2.45) is 0 Å². The molecule has 2 rings (SSSR count). The first-order chi connectivity index (χ1) is 9.60. The van der Waals surface area contributed by atoms with Crippen LogP contribution in [0.25, 0.3) is 0 Å². The molecular formula is C15H13ClO4. The Morgan fingerprint density at radius 3 is 2.70 bits per heavy atom. The highest BCUT2D eigenvalue weighted by molar-refractivity contribution is 6.30. The van der Waals surface area contributed by atoms with E-state index in [0.717, 1.165) is 5.56 Å². The average molecular weight is 293 g/mol. The maximum atomic E-state index is 11.0. The van der Waals surface area contributed by atoms with Gasteiger partial charge in [0, 0.05) is 5.02 Å². The Balaban J connectivity index is 2.12. The molecule has 0 saturated heterocycles. The minimum Gasteiger partial charge on any atom is -0.496 e. The van der Waals surface area contributed by atoms with E-state index in [9.17, 15) is 4.79 Å². The summed E-state index contributed by atoms with van der Waals surface area (Å²) in [5.41, 5.74) is 0.936. The Kier molecular flexibility index (Phi) is 4.48. The van der Waals surface area contributed by atoms with Crippen LogP contribution in [-0.4, -0.2) is 18.2 Å². The van der Waals surface area contributed by atoms with Gasteiger partial charge in [-0.2, -0.15) is 0 Å². The Bertz CT molecular complexity index is 625. The average Bonchev–Trinajstić information content (AvgIpc) is 2.44. The van der Waals surface area contributed by atoms with Gasteiger partial charge in [-0.15, -0.1) is 0 Å². The molecule has 1 N–H and O–H groups in total. The molecule has 20 heavy (non-hydrogen) atoms. The molecule has 0 bridgehead atoms. The molecule has 0 aromatic heterocycles. The third-order valence-corrected chi connectivity index (χ3v) is 2.93. The van der Waals surface area contributed by atoms with Gasteiger partial charge in [0.05, 0.1) is 7.11 Å². The lowest BCUT2D eigenvalue weighted by molar-refractivity contribution is 0.0693. The van der Waals surface area contributed by atoms with E-state index in [1.54, 1.807) is 36.4 Å². The molecule has 104 valence electrons. The standard InChI is InChI=1S/C15H13ClO4/c1-19-14-7-10(5-6-13(14)15(17)18)9-20-12-4-2-3-11(16)8-12/h2-8H,9H2,1H3,(H,17,18). The van der Waals surface area contributed by atoms with Crippen molar-refractivity contribution in [3.63, 3.8) is 0 Å². The third-order valence-electron chi connectivity index (χ3n) is 2.70. The fourth-order valence-electron chi connectivity index (χ4n) is 1.73. The summed E-state index contributed by atoms with van der Waals surface area (Å²) in [6.45, 7) is 0.302. The van der Waals surface area contributed by atoms with Gasteiger partial charge in [0.25, 0.3) is 0 Å². The second-order valence-electron chi connectivity index (χ2n) is 4.09. The van der Waals surface area contributed by atoms with Crippen molar-refractivity contribution >= 4 is 17.6 Å². The van der Waals surface area contributed by atoms with Gasteiger partial charge < -0.3 is 14.6 Å². The summed E-state index contributed by atoms with van der Waals surface area (Å²) in [7, 11) is 1.43. The van der Waals surface area contributed by atoms with Gasteiger partial charge in [-0.3, -0.25) is 0 Å². The summed E-state index contributed by atoms with van der Waals surface area (Å²) in [5.74, 6) is -0.0624. The lowest BCUT2D eigenvalue weighted by Gasteiger charge is -2.09. The monoisotopic (exact) mass is 292 g/mol. The van der Waals surface area contributed by atoms with E-state index < -0.39 is 5.97 Å². The lowest BCUT2D eigenvalue weighted by Crippen LogP contribution is -2.02. The quantitative estimate of drug-likeness (QED) is 0.914. The zero-order valence-electron chi connectivity index (χ0n) is 10.8. The summed E-state index contributed by atoms with van der Waals surface area (Å²) in [4.78, 5) is 11.0. The van der Waals surface area contributed by atoms with Crippen molar-refractivity contribution in [3.05, 3.63) is 58.6 Å². The third kappa shape index (κ3) is 3.42. The topological polar surface area (TPSA) is 55.8 Å². The zero-order chi connectivity index (χ0) is 14.5. The highest BCUT2D eigenvalue weighted by atomic mass is 35.5. The molecule has 0 radical (unpaired) electrons. The molecular weight excluding hydrogens is 280 g/mol. The smallest absolute Gasteiger partial charge is 0.339 e. The van der Waals surface area contributed by atoms with Crippen molar-refractivity contribution < 1.29 is 19.4 Å². The molecule has 0 aliphatic heterocycles. The van der Waals surface area contributed by atoms with Crippen LogP contribution in [0.3, 0.4) is 0 Å². The van der Waals surface area contributed by atoms with E-state index in [1.165, 1.54) is 13.2 Å². The summed E-state index contributed by atoms with van der Waals surface area (Å²) in [6, 6.07) is 11.9. The molecule has 2 aromatic rings. The number of aromatic carboxylic acids is 1. The van der Waals surface area contributed by atoms with Gasteiger partial charge in [0.1, 0.15) is 23.7 Å². The number of benzene rings is 2. The molecule has 0 aliphatic rings. The first-order valence-corrected chi connectivity index (χ1v) is 6.26. The molecule has 4 nitrogen and oxygen atoms in total. The first kappa shape index (κ1) is 14.2. The Labute approximate surface area is 121 Å². The summed E-state index contributed by atoms with van der Waals surface area (Å²) >= 11 is 5.86. The molecule has 0 heterocycles. The van der Waals surface area contributed by atoms with Gasteiger partial charge in [-0.05, 0) is 35.9 Å². The number of carbonyl (C=O) groups is 1. The summed E-state index contributed by atoms with van der Waals surface area (Å²) < 4.78 is 10.6. The van der Waals surface area contributed by atoms with Crippen LogP contribution in [0.15, 0.2) is 42.5 Å². The summed E-state index contributed by atoms with van der Waals surface area (Å²) in [6.07, 6.45) is 0. The Hall–Kier alpha value is -2.20. The fraction of sp³-hybridized carbons (Fsp3) is 0.133. The van der Waals surface area contributed by atoms with Crippen LogP contribution >= 0.6 is 11.6 Å². The van der Waals surface area contributed by atoms with Gasteiger partial charge >= 0.3 is 5.97 Å². The largest absolute Gasteiger partial charge is 0.496 e. The van der Waals surface area contributed by atoms with Crippen LogP contribution in [0.4, 0.5) is 0 Å². The molecule has 0 aliphatic carbocycles. The SMILES string of the molecule is COc1cc(COc2cccc(Cl)c2)ccc1C(=O)O. The number of hydrogen-bond acceptors (Lipinski definition) is 3. The molecule has 5 heteroatoms. The molecule has 0 saturated carbocycles. The highest BCUT2D eigenvalue weighted by Crippen LogP contribution is 2.22. The number of carboxylic acids is 1. The van der Waals surface area contributed by atoms with Crippen LogP contribution in [0.1, 0.15) is 15.9 Å². The zero-order valence-corrected chi connectivity index (χ0v) is 11.6. The van der Waals surface area contributed by atoms with Crippen molar-refractivity contribution in [2.75, 3.05) is 7.11 Å². The highest BCUT2D eigenvalue weighted by Gasteiger charge is 2.11. The van der Waals surface area contributed by atoms with E-state index in [1.807, 2.05) is 0 Å². The van der Waals surface area contributed by atoms with Gasteiger partial charge in [0.15, 0.2) is 0 Å². The predicted octanol–water partition coefficient (Wildman–Crippen LogP) is 3.63. The molecule has 0 atom stereocenters. The normalized spacial score (nSPS) is 10.1. The summed E-state index contributed by atoms with van der Waals surface area (Å²) in [5, 5.41) is 9.60.